The van der Waals surface area contributed by atoms with Gasteiger partial charge in [0.25, 0.3) is 0 Å². The third kappa shape index (κ3) is 3.99. The summed E-state index contributed by atoms with van der Waals surface area (Å²) in [4.78, 5) is 14.3. The molecule has 2 unspecified atom stereocenters. The Morgan fingerprint density at radius 2 is 2.14 bits per heavy atom. The molecule has 21 heavy (non-hydrogen) atoms. The maximum absolute atomic E-state index is 12.0. The number of nitrogens with one attached hydrogen (secondary N) is 1. The average molecular weight is 420 g/mol. The van der Waals surface area contributed by atoms with Gasteiger partial charge in [-0.15, -0.1) is 0 Å². The summed E-state index contributed by atoms with van der Waals surface area (Å²) in [6.45, 7) is 3.28. The van der Waals surface area contributed by atoms with Crippen LogP contribution >= 0.6 is 31.9 Å². The minimum Gasteiger partial charge on any atom is -0.465 e. The van der Waals surface area contributed by atoms with Crippen molar-refractivity contribution in [2.24, 2.45) is 0 Å². The van der Waals surface area contributed by atoms with Gasteiger partial charge in [0.1, 0.15) is 0 Å². The maximum Gasteiger partial charge on any atom is 0.340 e. The molecule has 0 spiro atoms. The van der Waals surface area contributed by atoms with E-state index in [9.17, 15) is 4.79 Å². The second kappa shape index (κ2) is 7.11. The van der Waals surface area contributed by atoms with Gasteiger partial charge in [-0.05, 0) is 54.9 Å². The smallest absolute Gasteiger partial charge is 0.340 e. The van der Waals surface area contributed by atoms with Crippen molar-refractivity contribution in [2.75, 3.05) is 26.0 Å². The number of rotatable bonds is 3. The molecule has 1 saturated heterocycles. The summed E-state index contributed by atoms with van der Waals surface area (Å²) in [5, 5.41) is 3.52. The Kier molecular flexibility index (Phi) is 5.68. The zero-order chi connectivity index (χ0) is 15.6. The van der Waals surface area contributed by atoms with Gasteiger partial charge in [-0.25, -0.2) is 4.79 Å². The fourth-order valence-electron chi connectivity index (χ4n) is 2.62. The van der Waals surface area contributed by atoms with Crippen molar-refractivity contribution >= 4 is 43.5 Å². The van der Waals surface area contributed by atoms with Gasteiger partial charge in [-0.1, -0.05) is 15.9 Å². The summed E-state index contributed by atoms with van der Waals surface area (Å²) in [6, 6.07) is 4.62. The van der Waals surface area contributed by atoms with Gasteiger partial charge >= 0.3 is 5.97 Å². The van der Waals surface area contributed by atoms with Crippen LogP contribution in [-0.2, 0) is 4.74 Å². The van der Waals surface area contributed by atoms with Crippen LogP contribution in [-0.4, -0.2) is 43.7 Å². The summed E-state index contributed by atoms with van der Waals surface area (Å²) in [5.41, 5.74) is 1.36. The molecule has 1 aliphatic rings. The third-order valence-corrected chi connectivity index (χ3v) is 5.10. The minimum absolute atomic E-state index is 0.333. The standard InChI is InChI=1S/C15H20Br2N2O2/c1-9-6-11(4-5-19(9)2)18-14-12(15(20)21-3)7-10(16)8-13(14)17/h7-9,11,18H,4-6H2,1-3H3. The number of carbonyl (C=O) groups excluding carboxylic acids is 1. The lowest BCUT2D eigenvalue weighted by Crippen LogP contribution is -2.42. The first kappa shape index (κ1) is 16.8. The van der Waals surface area contributed by atoms with E-state index in [4.69, 9.17) is 4.74 Å². The van der Waals surface area contributed by atoms with Crippen LogP contribution in [0.3, 0.4) is 0 Å². The highest BCUT2D eigenvalue weighted by Crippen LogP contribution is 2.33. The molecule has 4 nitrogen and oxygen atoms in total. The van der Waals surface area contributed by atoms with E-state index in [2.05, 4.69) is 56.0 Å². The number of piperidine rings is 1. The lowest BCUT2D eigenvalue weighted by atomic mass is 9.98. The average Bonchev–Trinajstić information content (AvgIpc) is 2.44. The normalized spacial score (nSPS) is 22.9. The lowest BCUT2D eigenvalue weighted by molar-refractivity contribution is 0.0601. The molecule has 0 amide bonds. The Balaban J connectivity index is 2.25. The molecule has 2 rings (SSSR count). The first-order chi connectivity index (χ1) is 9.92. The Morgan fingerprint density at radius 3 is 2.76 bits per heavy atom. The number of esters is 1. The molecule has 1 aromatic rings. The van der Waals surface area contributed by atoms with E-state index >= 15 is 0 Å². The summed E-state index contributed by atoms with van der Waals surface area (Å²) in [7, 11) is 3.55. The molecule has 1 aliphatic heterocycles. The van der Waals surface area contributed by atoms with Crippen LogP contribution in [0, 0.1) is 0 Å². The topological polar surface area (TPSA) is 41.6 Å². The highest BCUT2D eigenvalue weighted by molar-refractivity contribution is 9.11. The zero-order valence-electron chi connectivity index (χ0n) is 12.5. The number of methoxy groups -OCH3 is 1. The molecule has 2 atom stereocenters. The number of hydrogen-bond acceptors (Lipinski definition) is 4. The molecule has 1 aromatic carbocycles. The predicted molar refractivity (Wildman–Crippen MR) is 91.9 cm³/mol. The van der Waals surface area contributed by atoms with Crippen LogP contribution in [0.2, 0.25) is 0 Å². The van der Waals surface area contributed by atoms with Crippen LogP contribution in [0.1, 0.15) is 30.1 Å². The van der Waals surface area contributed by atoms with Crippen molar-refractivity contribution in [3.63, 3.8) is 0 Å². The molecule has 0 saturated carbocycles. The highest BCUT2D eigenvalue weighted by Gasteiger charge is 2.25. The number of ether oxygens (including phenoxy) is 1. The van der Waals surface area contributed by atoms with Crippen LogP contribution in [0.15, 0.2) is 21.1 Å². The van der Waals surface area contributed by atoms with Crippen molar-refractivity contribution in [3.05, 3.63) is 26.6 Å². The van der Waals surface area contributed by atoms with E-state index in [1.54, 1.807) is 6.07 Å². The van der Waals surface area contributed by atoms with Gasteiger partial charge in [-0.2, -0.15) is 0 Å². The van der Waals surface area contributed by atoms with Gasteiger partial charge in [0.2, 0.25) is 0 Å². The summed E-state index contributed by atoms with van der Waals surface area (Å²) >= 11 is 6.95. The number of halogens is 2. The highest BCUT2D eigenvalue weighted by atomic mass is 79.9. The van der Waals surface area contributed by atoms with E-state index in [1.165, 1.54) is 7.11 Å². The summed E-state index contributed by atoms with van der Waals surface area (Å²) in [5.74, 6) is -0.333. The number of likely N-dealkylation sites (tertiary alicyclic amines) is 1. The van der Waals surface area contributed by atoms with E-state index in [0.29, 0.717) is 17.6 Å². The second-order valence-corrected chi connectivity index (χ2v) is 7.27. The van der Waals surface area contributed by atoms with Gasteiger partial charge in [0.15, 0.2) is 0 Å². The molecule has 6 heteroatoms. The second-order valence-electron chi connectivity index (χ2n) is 5.50. The summed E-state index contributed by atoms with van der Waals surface area (Å²) < 4.78 is 6.59. The molecule has 0 aliphatic carbocycles. The van der Waals surface area contributed by atoms with Crippen LogP contribution < -0.4 is 5.32 Å². The van der Waals surface area contributed by atoms with E-state index in [1.807, 2.05) is 6.07 Å². The fourth-order valence-corrected chi connectivity index (χ4v) is 3.96. The molecule has 0 bridgehead atoms. The van der Waals surface area contributed by atoms with Crippen molar-refractivity contribution in [1.29, 1.82) is 0 Å². The monoisotopic (exact) mass is 418 g/mol. The largest absolute Gasteiger partial charge is 0.465 e. The molecule has 1 heterocycles. The SMILES string of the molecule is COC(=O)c1cc(Br)cc(Br)c1NC1CCN(C)C(C)C1. The number of anilines is 1. The maximum atomic E-state index is 12.0. The Hall–Kier alpha value is -0.590. The molecule has 0 aromatic heterocycles. The van der Waals surface area contributed by atoms with E-state index in [-0.39, 0.29) is 5.97 Å². The first-order valence-corrected chi connectivity index (χ1v) is 8.55. The van der Waals surface area contributed by atoms with E-state index in [0.717, 1.165) is 34.0 Å². The molecule has 1 N–H and O–H groups in total. The Labute approximate surface area is 142 Å². The fraction of sp³-hybridized carbons (Fsp3) is 0.533. The van der Waals surface area contributed by atoms with Crippen molar-refractivity contribution in [1.82, 2.24) is 4.90 Å². The number of carbonyl (C=O) groups is 1. The number of hydrogen-bond donors (Lipinski definition) is 1. The number of nitrogens with zero attached hydrogens (tertiary/aromatic N) is 1. The molecular weight excluding hydrogens is 400 g/mol. The van der Waals surface area contributed by atoms with Gasteiger partial charge in [0.05, 0.1) is 18.4 Å². The van der Waals surface area contributed by atoms with Crippen LogP contribution in [0.4, 0.5) is 5.69 Å². The Bertz CT molecular complexity index is 537. The third-order valence-electron chi connectivity index (χ3n) is 4.02. The Morgan fingerprint density at radius 1 is 1.43 bits per heavy atom. The predicted octanol–water partition coefficient (Wildman–Crippen LogP) is 3.89. The summed E-state index contributed by atoms with van der Waals surface area (Å²) in [6.07, 6.45) is 2.11. The van der Waals surface area contributed by atoms with E-state index < -0.39 is 0 Å². The molecule has 116 valence electrons. The van der Waals surface area contributed by atoms with Gasteiger partial charge in [-0.3, -0.25) is 0 Å². The van der Waals surface area contributed by atoms with Gasteiger partial charge in [0, 0.05) is 27.6 Å². The molecule has 0 radical (unpaired) electrons. The zero-order valence-corrected chi connectivity index (χ0v) is 15.6. The first-order valence-electron chi connectivity index (χ1n) is 6.96. The van der Waals surface area contributed by atoms with Crippen molar-refractivity contribution in [3.8, 4) is 0 Å². The lowest BCUT2D eigenvalue weighted by Gasteiger charge is -2.36. The van der Waals surface area contributed by atoms with Crippen LogP contribution in [0.25, 0.3) is 0 Å². The number of benzene rings is 1. The van der Waals surface area contributed by atoms with Crippen molar-refractivity contribution in [2.45, 2.75) is 31.8 Å². The minimum atomic E-state index is -0.333. The van der Waals surface area contributed by atoms with Gasteiger partial charge < -0.3 is 15.0 Å². The molecular formula is C15H20Br2N2O2. The molecule has 1 fully saturated rings. The van der Waals surface area contributed by atoms with Crippen LogP contribution in [0.5, 0.6) is 0 Å². The quantitative estimate of drug-likeness (QED) is 0.754. The van der Waals surface area contributed by atoms with Crippen molar-refractivity contribution < 1.29 is 9.53 Å².